The van der Waals surface area contributed by atoms with Gasteiger partial charge in [0.15, 0.2) is 11.5 Å². The van der Waals surface area contributed by atoms with Gasteiger partial charge in [0.2, 0.25) is 5.91 Å². The summed E-state index contributed by atoms with van der Waals surface area (Å²) in [5, 5.41) is 23.5. The lowest BCUT2D eigenvalue weighted by atomic mass is 9.50. The van der Waals surface area contributed by atoms with Crippen LogP contribution in [0, 0.1) is 0 Å². The average Bonchev–Trinajstić information content (AvgIpc) is 3.36. The van der Waals surface area contributed by atoms with E-state index in [-0.39, 0.29) is 17.4 Å². The van der Waals surface area contributed by atoms with Gasteiger partial charge in [-0.05, 0) is 66.8 Å². The normalized spacial score (nSPS) is 28.5. The minimum atomic E-state index is -4.48. The minimum Gasteiger partial charge on any atom is -0.504 e. The SMILES string of the molecule is CN(C(=O)/C=C/c1cccc(C(F)(F)F)c1)C1C=C[C@@]2(O)[C@H]3Cc4ccc(O)c5c4[C@@]2(CCN3CCc2ccccc2)C1O5. The third kappa shape index (κ3) is 4.28. The molecule has 1 spiro atoms. The number of carbonyl (C=O) groups is 1. The molecule has 1 fully saturated rings. The van der Waals surface area contributed by atoms with Crippen molar-refractivity contribution in [3.8, 4) is 11.5 Å². The van der Waals surface area contributed by atoms with Crippen molar-refractivity contribution in [2.75, 3.05) is 20.1 Å². The molecule has 7 rings (SSSR count). The molecule has 9 heteroatoms. The summed E-state index contributed by atoms with van der Waals surface area (Å²) in [6.07, 6.45) is 3.08. The highest BCUT2D eigenvalue weighted by molar-refractivity contribution is 5.92. The van der Waals surface area contributed by atoms with Crippen molar-refractivity contribution in [2.45, 2.75) is 54.6 Å². The summed E-state index contributed by atoms with van der Waals surface area (Å²) in [7, 11) is 1.62. The number of halogens is 3. The van der Waals surface area contributed by atoms with Crippen molar-refractivity contribution in [3.63, 3.8) is 0 Å². The molecule has 0 saturated carbocycles. The summed E-state index contributed by atoms with van der Waals surface area (Å²) in [6, 6.07) is 17.8. The van der Waals surface area contributed by atoms with Crippen molar-refractivity contribution in [1.29, 1.82) is 0 Å². The van der Waals surface area contributed by atoms with E-state index in [1.165, 1.54) is 34.7 Å². The van der Waals surface area contributed by atoms with Gasteiger partial charge in [0.05, 0.1) is 17.0 Å². The number of likely N-dealkylation sites (tertiary alicyclic amines) is 1. The first kappa shape index (κ1) is 28.7. The monoisotopic (exact) mass is 602 g/mol. The van der Waals surface area contributed by atoms with Gasteiger partial charge in [-0.15, -0.1) is 0 Å². The van der Waals surface area contributed by atoms with Crippen LogP contribution in [0.25, 0.3) is 6.08 Å². The molecular formula is C35H33F3N2O4. The van der Waals surface area contributed by atoms with Crippen molar-refractivity contribution in [2.24, 2.45) is 0 Å². The van der Waals surface area contributed by atoms with Crippen molar-refractivity contribution in [3.05, 3.63) is 113 Å². The van der Waals surface area contributed by atoms with E-state index in [0.717, 1.165) is 36.2 Å². The molecule has 2 aliphatic carbocycles. The second-order valence-corrected chi connectivity index (χ2v) is 12.3. The highest BCUT2D eigenvalue weighted by atomic mass is 19.4. The Labute approximate surface area is 253 Å². The van der Waals surface area contributed by atoms with Crippen LogP contribution in [-0.2, 0) is 29.2 Å². The Kier molecular flexibility index (Phi) is 6.68. The number of aromatic hydroxyl groups is 1. The maximum absolute atomic E-state index is 13.4. The molecule has 0 radical (unpaired) electrons. The minimum absolute atomic E-state index is 0.00277. The lowest BCUT2D eigenvalue weighted by molar-refractivity contribution is -0.154. The lowest BCUT2D eigenvalue weighted by Gasteiger charge is -2.62. The van der Waals surface area contributed by atoms with Gasteiger partial charge in [-0.25, -0.2) is 0 Å². The van der Waals surface area contributed by atoms with Crippen LogP contribution in [0.1, 0.15) is 34.2 Å². The lowest BCUT2D eigenvalue weighted by Crippen LogP contribution is -2.76. The first-order chi connectivity index (χ1) is 21.0. The van der Waals surface area contributed by atoms with Crippen LogP contribution in [0.3, 0.4) is 0 Å². The molecule has 1 saturated heterocycles. The first-order valence-corrected chi connectivity index (χ1v) is 14.9. The molecule has 6 nitrogen and oxygen atoms in total. The zero-order valence-electron chi connectivity index (χ0n) is 24.2. The second-order valence-electron chi connectivity index (χ2n) is 12.3. The Hall–Kier alpha value is -4.08. The highest BCUT2D eigenvalue weighted by Gasteiger charge is 2.72. The van der Waals surface area contributed by atoms with Crippen molar-refractivity contribution < 1.29 is 32.9 Å². The summed E-state index contributed by atoms with van der Waals surface area (Å²) in [5.74, 6) is -0.0660. The number of benzene rings is 3. The number of amides is 1. The van der Waals surface area contributed by atoms with Gasteiger partial charge in [-0.1, -0.05) is 60.7 Å². The van der Waals surface area contributed by atoms with E-state index < -0.39 is 40.8 Å². The maximum atomic E-state index is 13.4. The fourth-order valence-corrected chi connectivity index (χ4v) is 7.94. The maximum Gasteiger partial charge on any atom is 0.416 e. The molecule has 2 bridgehead atoms. The third-order valence-electron chi connectivity index (χ3n) is 10.1. The second kappa shape index (κ2) is 10.2. The average molecular weight is 603 g/mol. The van der Waals surface area contributed by atoms with Gasteiger partial charge in [-0.3, -0.25) is 9.69 Å². The van der Waals surface area contributed by atoms with E-state index in [9.17, 15) is 28.2 Å². The van der Waals surface area contributed by atoms with Crippen LogP contribution < -0.4 is 4.74 Å². The van der Waals surface area contributed by atoms with Gasteiger partial charge in [0.25, 0.3) is 0 Å². The quantitative estimate of drug-likeness (QED) is 0.303. The van der Waals surface area contributed by atoms with E-state index in [2.05, 4.69) is 17.0 Å². The molecular weight excluding hydrogens is 569 g/mol. The molecule has 2 aliphatic heterocycles. The fourth-order valence-electron chi connectivity index (χ4n) is 7.94. The Morgan fingerprint density at radius 3 is 2.70 bits per heavy atom. The highest BCUT2D eigenvalue weighted by Crippen LogP contribution is 2.64. The zero-order chi connectivity index (χ0) is 30.9. The summed E-state index contributed by atoms with van der Waals surface area (Å²) < 4.78 is 46.1. The molecule has 1 amide bonds. The smallest absolute Gasteiger partial charge is 0.416 e. The van der Waals surface area contributed by atoms with Crippen LogP contribution >= 0.6 is 0 Å². The number of nitrogens with zero attached hydrogens (tertiary/aromatic N) is 2. The Morgan fingerprint density at radius 2 is 1.93 bits per heavy atom. The largest absolute Gasteiger partial charge is 0.504 e. The molecule has 4 aliphatic rings. The number of hydrogen-bond acceptors (Lipinski definition) is 5. The molecule has 0 aromatic heterocycles. The number of hydrogen-bond donors (Lipinski definition) is 2. The summed E-state index contributed by atoms with van der Waals surface area (Å²) in [4.78, 5) is 17.3. The molecule has 5 atom stereocenters. The predicted octanol–water partition coefficient (Wildman–Crippen LogP) is 5.12. The molecule has 3 aromatic carbocycles. The number of phenols is 1. The number of aliphatic hydroxyl groups is 1. The molecule has 2 unspecified atom stereocenters. The van der Waals surface area contributed by atoms with Crippen molar-refractivity contribution in [1.82, 2.24) is 9.80 Å². The number of carbonyl (C=O) groups excluding carboxylic acids is 1. The fraction of sp³-hybridized carbons (Fsp3) is 0.343. The predicted molar refractivity (Wildman–Crippen MR) is 159 cm³/mol. The van der Waals surface area contributed by atoms with Crippen LogP contribution in [-0.4, -0.2) is 69.8 Å². The van der Waals surface area contributed by atoms with E-state index >= 15 is 0 Å². The summed E-state index contributed by atoms with van der Waals surface area (Å²) in [6.45, 7) is 1.48. The molecule has 44 heavy (non-hydrogen) atoms. The first-order valence-electron chi connectivity index (χ1n) is 14.9. The van der Waals surface area contributed by atoms with Gasteiger partial charge in [0.1, 0.15) is 11.7 Å². The van der Waals surface area contributed by atoms with E-state index in [0.29, 0.717) is 25.1 Å². The van der Waals surface area contributed by atoms with Gasteiger partial charge in [-0.2, -0.15) is 13.2 Å². The Morgan fingerprint density at radius 1 is 1.14 bits per heavy atom. The van der Waals surface area contributed by atoms with Crippen LogP contribution in [0.5, 0.6) is 11.5 Å². The molecule has 3 aromatic rings. The molecule has 2 heterocycles. The Balaban J connectivity index is 1.21. The number of piperidine rings is 1. The molecule has 228 valence electrons. The summed E-state index contributed by atoms with van der Waals surface area (Å²) in [5.41, 5.74) is 0.344. The van der Waals surface area contributed by atoms with E-state index in [1.807, 2.05) is 30.3 Å². The van der Waals surface area contributed by atoms with E-state index in [4.69, 9.17) is 4.74 Å². The Bertz CT molecular complexity index is 1670. The van der Waals surface area contributed by atoms with Crippen LogP contribution in [0.15, 0.2) is 85.0 Å². The summed E-state index contributed by atoms with van der Waals surface area (Å²) >= 11 is 0. The number of alkyl halides is 3. The van der Waals surface area contributed by atoms with E-state index in [1.54, 1.807) is 19.2 Å². The number of rotatable bonds is 6. The third-order valence-corrected chi connectivity index (χ3v) is 10.1. The number of ether oxygens (including phenoxy) is 1. The van der Waals surface area contributed by atoms with Gasteiger partial charge in [0, 0.05) is 31.3 Å². The van der Waals surface area contributed by atoms with Gasteiger partial charge < -0.3 is 19.8 Å². The number of phenolic OH excluding ortho intramolecular Hbond substituents is 1. The molecule has 2 N–H and O–H groups in total. The van der Waals surface area contributed by atoms with Crippen LogP contribution in [0.2, 0.25) is 0 Å². The zero-order valence-corrected chi connectivity index (χ0v) is 24.2. The topological polar surface area (TPSA) is 73.2 Å². The van der Waals surface area contributed by atoms with Crippen molar-refractivity contribution >= 4 is 12.0 Å². The number of likely N-dealkylation sites (N-methyl/N-ethyl adjacent to an activating group) is 1. The van der Waals surface area contributed by atoms with Gasteiger partial charge >= 0.3 is 6.18 Å². The standard InChI is InChI=1S/C35H33F3N2O4/c1-39(29(42)13-10-23-8-5-9-25(20-23)35(36,37)38)26-14-16-34(43)28-21-24-11-12-27(41)31-30(24)33(34,32(26)44-31)17-19-40(28)18-15-22-6-3-2-4-7-22/h2-14,16,20,26,28,32,41,43H,15,17-19,21H2,1H3/b13-10+/t26?,28-,32?,33+,34-/m1/s1. The van der Waals surface area contributed by atoms with Crippen LogP contribution in [0.4, 0.5) is 13.2 Å².